The Balaban J connectivity index is 1.94. The van der Waals surface area contributed by atoms with E-state index in [9.17, 15) is 14.0 Å². The minimum atomic E-state index is -0.806. The maximum atomic E-state index is 13.6. The number of benzene rings is 1. The van der Waals surface area contributed by atoms with Gasteiger partial charge in [0.2, 0.25) is 0 Å². The largest absolute Gasteiger partial charge is 0.452 e. The molecule has 0 aromatic heterocycles. The molecule has 0 bridgehead atoms. The van der Waals surface area contributed by atoms with Crippen molar-refractivity contribution >= 4 is 11.9 Å². The zero-order chi connectivity index (χ0) is 14.9. The summed E-state index contributed by atoms with van der Waals surface area (Å²) in [5, 5.41) is 0. The number of likely N-dealkylation sites (N-methyl/N-ethyl adjacent to an activating group) is 1. The predicted molar refractivity (Wildman–Crippen MR) is 71.5 cm³/mol. The van der Waals surface area contributed by atoms with Crippen LogP contribution in [0.4, 0.5) is 4.39 Å². The number of halogens is 1. The van der Waals surface area contributed by atoms with E-state index in [0.717, 1.165) is 0 Å². The van der Waals surface area contributed by atoms with Gasteiger partial charge in [0.25, 0.3) is 5.91 Å². The van der Waals surface area contributed by atoms with E-state index in [-0.39, 0.29) is 23.6 Å². The van der Waals surface area contributed by atoms with Crippen molar-refractivity contribution < 1.29 is 18.7 Å². The molecule has 0 unspecified atom stereocenters. The van der Waals surface area contributed by atoms with Crippen molar-refractivity contribution in [1.29, 1.82) is 0 Å². The van der Waals surface area contributed by atoms with Gasteiger partial charge in [-0.25, -0.2) is 4.39 Å². The number of rotatable bonds is 4. The third-order valence-electron chi connectivity index (χ3n) is 3.48. The molecule has 1 aliphatic rings. The molecule has 3 atom stereocenters. The first-order chi connectivity index (χ1) is 9.41. The van der Waals surface area contributed by atoms with Crippen LogP contribution in [-0.4, -0.2) is 37.0 Å². The van der Waals surface area contributed by atoms with Gasteiger partial charge < -0.3 is 9.64 Å². The molecule has 1 amide bonds. The van der Waals surface area contributed by atoms with Gasteiger partial charge >= 0.3 is 5.97 Å². The molecule has 0 spiro atoms. The highest BCUT2D eigenvalue weighted by Crippen LogP contribution is 2.49. The number of carbonyl (C=O) groups excluding carboxylic acids is 2. The molecule has 0 heterocycles. The molecular formula is C15H18FNO3. The normalized spacial score (nSPS) is 22.0. The lowest BCUT2D eigenvalue weighted by molar-refractivity contribution is -0.159. The van der Waals surface area contributed by atoms with Gasteiger partial charge in [0.15, 0.2) is 6.10 Å². The standard InChI is InChI=1S/C15H18FNO3/c1-9(14(18)17(2)3)20-15(19)12-8-11(12)10-6-4-5-7-13(10)16/h4-7,9,11-12H,8H2,1-3H3/t9-,11-,12-/m0/s1. The van der Waals surface area contributed by atoms with Gasteiger partial charge in [-0.1, -0.05) is 18.2 Å². The minimum absolute atomic E-state index is 0.134. The fourth-order valence-corrected chi connectivity index (χ4v) is 2.25. The smallest absolute Gasteiger partial charge is 0.310 e. The molecule has 0 radical (unpaired) electrons. The lowest BCUT2D eigenvalue weighted by Gasteiger charge is -2.17. The third kappa shape index (κ3) is 2.98. The van der Waals surface area contributed by atoms with Crippen LogP contribution in [0.3, 0.4) is 0 Å². The Morgan fingerprint density at radius 3 is 2.60 bits per heavy atom. The summed E-state index contributed by atoms with van der Waals surface area (Å²) >= 11 is 0. The Morgan fingerprint density at radius 2 is 2.00 bits per heavy atom. The molecule has 108 valence electrons. The van der Waals surface area contributed by atoms with Crippen LogP contribution in [0.2, 0.25) is 0 Å². The number of hydrogen-bond acceptors (Lipinski definition) is 3. The fraction of sp³-hybridized carbons (Fsp3) is 0.467. The van der Waals surface area contributed by atoms with Gasteiger partial charge in [-0.2, -0.15) is 0 Å². The second-order valence-corrected chi connectivity index (χ2v) is 5.28. The molecular weight excluding hydrogens is 261 g/mol. The van der Waals surface area contributed by atoms with Crippen molar-refractivity contribution in [2.24, 2.45) is 5.92 Å². The van der Waals surface area contributed by atoms with Gasteiger partial charge in [-0.15, -0.1) is 0 Å². The summed E-state index contributed by atoms with van der Waals surface area (Å²) in [6, 6.07) is 6.43. The molecule has 1 aromatic carbocycles. The Morgan fingerprint density at radius 1 is 1.35 bits per heavy atom. The van der Waals surface area contributed by atoms with Gasteiger partial charge in [0, 0.05) is 20.0 Å². The topological polar surface area (TPSA) is 46.6 Å². The zero-order valence-corrected chi connectivity index (χ0v) is 11.8. The quantitative estimate of drug-likeness (QED) is 0.791. The van der Waals surface area contributed by atoms with E-state index in [0.29, 0.717) is 12.0 Å². The zero-order valence-electron chi connectivity index (χ0n) is 11.8. The molecule has 5 heteroatoms. The molecule has 20 heavy (non-hydrogen) atoms. The van der Waals surface area contributed by atoms with Crippen LogP contribution < -0.4 is 0 Å². The van der Waals surface area contributed by atoms with Crippen LogP contribution >= 0.6 is 0 Å². The number of nitrogens with zero attached hydrogens (tertiary/aromatic N) is 1. The van der Waals surface area contributed by atoms with Gasteiger partial charge in [0.05, 0.1) is 5.92 Å². The van der Waals surface area contributed by atoms with Crippen molar-refractivity contribution in [1.82, 2.24) is 4.90 Å². The summed E-state index contributed by atoms with van der Waals surface area (Å²) in [5.74, 6) is -1.47. The number of ether oxygens (including phenoxy) is 1. The number of hydrogen-bond donors (Lipinski definition) is 0. The first-order valence-corrected chi connectivity index (χ1v) is 6.58. The van der Waals surface area contributed by atoms with E-state index in [1.54, 1.807) is 39.2 Å². The highest BCUT2D eigenvalue weighted by Gasteiger charge is 2.47. The van der Waals surface area contributed by atoms with E-state index >= 15 is 0 Å². The summed E-state index contributed by atoms with van der Waals surface area (Å²) in [4.78, 5) is 24.9. The number of carbonyl (C=O) groups is 2. The van der Waals surface area contributed by atoms with Crippen LogP contribution in [0.15, 0.2) is 24.3 Å². The molecule has 1 aromatic rings. The molecule has 2 rings (SSSR count). The Hall–Kier alpha value is -1.91. The molecule has 1 aliphatic carbocycles. The summed E-state index contributed by atoms with van der Waals surface area (Å²) < 4.78 is 18.7. The molecule has 0 aliphatic heterocycles. The predicted octanol–water partition coefficient (Wildman–Crippen LogP) is 1.95. The van der Waals surface area contributed by atoms with Crippen LogP contribution in [-0.2, 0) is 14.3 Å². The molecule has 1 saturated carbocycles. The van der Waals surface area contributed by atoms with Gasteiger partial charge in [0.1, 0.15) is 5.82 Å². The first kappa shape index (κ1) is 14.5. The Labute approximate surface area is 117 Å². The van der Waals surface area contributed by atoms with Crippen LogP contribution in [0.5, 0.6) is 0 Å². The monoisotopic (exact) mass is 279 g/mol. The Bertz CT molecular complexity index is 530. The third-order valence-corrected chi connectivity index (χ3v) is 3.48. The second-order valence-electron chi connectivity index (χ2n) is 5.28. The number of esters is 1. The molecule has 0 saturated heterocycles. The summed E-state index contributed by atoms with van der Waals surface area (Å²) in [7, 11) is 3.21. The van der Waals surface area contributed by atoms with Gasteiger partial charge in [-0.3, -0.25) is 9.59 Å². The van der Waals surface area contributed by atoms with E-state index in [1.807, 2.05) is 0 Å². The second kappa shape index (κ2) is 5.61. The molecule has 1 fully saturated rings. The van der Waals surface area contributed by atoms with Crippen molar-refractivity contribution in [3.63, 3.8) is 0 Å². The van der Waals surface area contributed by atoms with Crippen LogP contribution in [0, 0.1) is 11.7 Å². The SMILES string of the molecule is C[C@H](OC(=O)[C@H]1C[C@H]1c1ccccc1F)C(=O)N(C)C. The van der Waals surface area contributed by atoms with E-state index in [1.165, 1.54) is 11.0 Å². The highest BCUT2D eigenvalue weighted by molar-refractivity contribution is 5.85. The maximum absolute atomic E-state index is 13.6. The fourth-order valence-electron chi connectivity index (χ4n) is 2.25. The molecule has 4 nitrogen and oxygen atoms in total. The van der Waals surface area contributed by atoms with Crippen LogP contribution in [0.25, 0.3) is 0 Å². The molecule has 0 N–H and O–H groups in total. The van der Waals surface area contributed by atoms with Crippen molar-refractivity contribution in [2.45, 2.75) is 25.4 Å². The van der Waals surface area contributed by atoms with Crippen molar-refractivity contribution in [2.75, 3.05) is 14.1 Å². The summed E-state index contributed by atoms with van der Waals surface area (Å²) in [6.07, 6.45) is -0.234. The highest BCUT2D eigenvalue weighted by atomic mass is 19.1. The average Bonchev–Trinajstić information content (AvgIpc) is 3.18. The first-order valence-electron chi connectivity index (χ1n) is 6.58. The van der Waals surface area contributed by atoms with E-state index < -0.39 is 12.1 Å². The minimum Gasteiger partial charge on any atom is -0.452 e. The lowest BCUT2D eigenvalue weighted by atomic mass is 10.1. The maximum Gasteiger partial charge on any atom is 0.310 e. The van der Waals surface area contributed by atoms with Crippen molar-refractivity contribution in [3.05, 3.63) is 35.6 Å². The van der Waals surface area contributed by atoms with Crippen molar-refractivity contribution in [3.8, 4) is 0 Å². The Kier molecular flexibility index (Phi) is 4.06. The number of amides is 1. The summed E-state index contributed by atoms with van der Waals surface area (Å²) in [6.45, 7) is 1.54. The summed E-state index contributed by atoms with van der Waals surface area (Å²) in [5.41, 5.74) is 0.543. The van der Waals surface area contributed by atoms with E-state index in [4.69, 9.17) is 4.74 Å². The van der Waals surface area contributed by atoms with E-state index in [2.05, 4.69) is 0 Å². The average molecular weight is 279 g/mol. The lowest BCUT2D eigenvalue weighted by Crippen LogP contribution is -2.35. The van der Waals surface area contributed by atoms with Gasteiger partial charge in [-0.05, 0) is 25.0 Å². The van der Waals surface area contributed by atoms with Crippen LogP contribution in [0.1, 0.15) is 24.8 Å².